The van der Waals surface area contributed by atoms with Gasteiger partial charge in [0.25, 0.3) is 0 Å². The van der Waals surface area contributed by atoms with Crippen molar-refractivity contribution in [2.45, 2.75) is 12.3 Å². The van der Waals surface area contributed by atoms with E-state index in [1.807, 2.05) is 31.6 Å². The van der Waals surface area contributed by atoms with Gasteiger partial charge in [-0.3, -0.25) is 4.98 Å². The maximum Gasteiger partial charge on any atom is 0.141 e. The maximum atomic E-state index is 5.53. The summed E-state index contributed by atoms with van der Waals surface area (Å²) in [6.45, 7) is 0.925. The summed E-state index contributed by atoms with van der Waals surface area (Å²) in [5.74, 6) is 1.09. The summed E-state index contributed by atoms with van der Waals surface area (Å²) in [5, 5.41) is 4.28. The SMILES string of the molecule is CNCCC(c1cccnc1)c1c[nH]c2nccc(OC)c12. The quantitative estimate of drug-likeness (QED) is 0.734. The summed E-state index contributed by atoms with van der Waals surface area (Å²) < 4.78 is 5.53. The number of fused-ring (bicyclic) bond motifs is 1. The van der Waals surface area contributed by atoms with E-state index in [9.17, 15) is 0 Å². The Morgan fingerprint density at radius 2 is 2.23 bits per heavy atom. The Kier molecular flexibility index (Phi) is 4.34. The van der Waals surface area contributed by atoms with E-state index < -0.39 is 0 Å². The van der Waals surface area contributed by atoms with Gasteiger partial charge in [0, 0.05) is 30.7 Å². The van der Waals surface area contributed by atoms with Gasteiger partial charge in [0.1, 0.15) is 11.4 Å². The van der Waals surface area contributed by atoms with Crippen molar-refractivity contribution < 1.29 is 4.74 Å². The zero-order valence-corrected chi connectivity index (χ0v) is 12.8. The fourth-order valence-corrected chi connectivity index (χ4v) is 2.87. The molecule has 5 heteroatoms. The molecule has 114 valence electrons. The lowest BCUT2D eigenvalue weighted by molar-refractivity contribution is 0.419. The third kappa shape index (κ3) is 2.67. The van der Waals surface area contributed by atoms with E-state index in [2.05, 4.69) is 26.3 Å². The minimum absolute atomic E-state index is 0.244. The summed E-state index contributed by atoms with van der Waals surface area (Å²) >= 11 is 0. The smallest absolute Gasteiger partial charge is 0.141 e. The molecule has 1 atom stereocenters. The van der Waals surface area contributed by atoms with E-state index in [0.717, 1.165) is 29.7 Å². The predicted molar refractivity (Wildman–Crippen MR) is 87.3 cm³/mol. The number of aromatic nitrogens is 3. The Morgan fingerprint density at radius 3 is 2.95 bits per heavy atom. The van der Waals surface area contributed by atoms with Gasteiger partial charge in [-0.2, -0.15) is 0 Å². The van der Waals surface area contributed by atoms with Crippen LogP contribution >= 0.6 is 0 Å². The van der Waals surface area contributed by atoms with E-state index in [0.29, 0.717) is 0 Å². The van der Waals surface area contributed by atoms with Crippen LogP contribution in [0.2, 0.25) is 0 Å². The first-order chi connectivity index (χ1) is 10.8. The van der Waals surface area contributed by atoms with Crippen molar-refractivity contribution in [3.05, 3.63) is 54.1 Å². The largest absolute Gasteiger partial charge is 0.496 e. The molecule has 3 heterocycles. The monoisotopic (exact) mass is 296 g/mol. The van der Waals surface area contributed by atoms with Crippen molar-refractivity contribution >= 4 is 11.0 Å². The number of nitrogens with one attached hydrogen (secondary N) is 2. The van der Waals surface area contributed by atoms with Crippen LogP contribution < -0.4 is 10.1 Å². The average molecular weight is 296 g/mol. The number of rotatable bonds is 6. The van der Waals surface area contributed by atoms with Crippen molar-refractivity contribution in [3.8, 4) is 5.75 Å². The van der Waals surface area contributed by atoms with Gasteiger partial charge in [-0.05, 0) is 43.3 Å². The van der Waals surface area contributed by atoms with E-state index in [4.69, 9.17) is 4.74 Å². The standard InChI is InChI=1S/C17H20N4O/c1-18-8-5-13(12-4-3-7-19-10-12)14-11-21-17-16(14)15(22-2)6-9-20-17/h3-4,6-7,9-11,13,18H,5,8H2,1-2H3,(H,20,21). The molecule has 2 N–H and O–H groups in total. The zero-order valence-electron chi connectivity index (χ0n) is 12.8. The van der Waals surface area contributed by atoms with Crippen molar-refractivity contribution in [2.75, 3.05) is 20.7 Å². The second kappa shape index (κ2) is 6.58. The summed E-state index contributed by atoms with van der Waals surface area (Å²) in [7, 11) is 3.66. The van der Waals surface area contributed by atoms with Crippen LogP contribution in [0.4, 0.5) is 0 Å². The Hall–Kier alpha value is -2.40. The van der Waals surface area contributed by atoms with Gasteiger partial charge in [-0.1, -0.05) is 6.07 Å². The van der Waals surface area contributed by atoms with Gasteiger partial charge in [0.05, 0.1) is 12.5 Å². The Morgan fingerprint density at radius 1 is 1.32 bits per heavy atom. The lowest BCUT2D eigenvalue weighted by Crippen LogP contribution is -2.13. The molecule has 3 rings (SSSR count). The van der Waals surface area contributed by atoms with Crippen LogP contribution in [-0.4, -0.2) is 35.7 Å². The first-order valence-electron chi connectivity index (χ1n) is 7.39. The first-order valence-corrected chi connectivity index (χ1v) is 7.39. The molecule has 0 radical (unpaired) electrons. The summed E-state index contributed by atoms with van der Waals surface area (Å²) in [6.07, 6.45) is 8.51. The van der Waals surface area contributed by atoms with Crippen molar-refractivity contribution in [1.82, 2.24) is 20.3 Å². The van der Waals surface area contributed by atoms with Gasteiger partial charge < -0.3 is 15.0 Å². The molecule has 0 bridgehead atoms. The highest BCUT2D eigenvalue weighted by Crippen LogP contribution is 2.36. The molecule has 0 amide bonds. The van der Waals surface area contributed by atoms with Gasteiger partial charge in [0.15, 0.2) is 0 Å². The van der Waals surface area contributed by atoms with Crippen molar-refractivity contribution in [3.63, 3.8) is 0 Å². The minimum Gasteiger partial charge on any atom is -0.496 e. The summed E-state index contributed by atoms with van der Waals surface area (Å²) in [5.41, 5.74) is 3.25. The fourth-order valence-electron chi connectivity index (χ4n) is 2.87. The number of hydrogen-bond donors (Lipinski definition) is 2. The Labute approximate surface area is 129 Å². The molecule has 22 heavy (non-hydrogen) atoms. The van der Waals surface area contributed by atoms with E-state index in [-0.39, 0.29) is 5.92 Å². The molecule has 0 saturated heterocycles. The summed E-state index contributed by atoms with van der Waals surface area (Å²) in [6, 6.07) is 6.00. The summed E-state index contributed by atoms with van der Waals surface area (Å²) in [4.78, 5) is 11.9. The van der Waals surface area contributed by atoms with Gasteiger partial charge >= 0.3 is 0 Å². The first kappa shape index (κ1) is 14.5. The number of methoxy groups -OCH3 is 1. The van der Waals surface area contributed by atoms with Crippen LogP contribution in [0.1, 0.15) is 23.5 Å². The Bertz CT molecular complexity index is 739. The topological polar surface area (TPSA) is 62.8 Å². The molecule has 0 saturated carbocycles. The van der Waals surface area contributed by atoms with E-state index in [1.54, 1.807) is 19.5 Å². The maximum absolute atomic E-state index is 5.53. The number of pyridine rings is 2. The van der Waals surface area contributed by atoms with Crippen LogP contribution in [0.3, 0.4) is 0 Å². The number of hydrogen-bond acceptors (Lipinski definition) is 4. The molecule has 5 nitrogen and oxygen atoms in total. The minimum atomic E-state index is 0.244. The number of ether oxygens (including phenoxy) is 1. The normalized spacial score (nSPS) is 12.5. The molecule has 0 aliphatic rings. The molecule has 0 aliphatic heterocycles. The number of aromatic amines is 1. The van der Waals surface area contributed by atoms with Crippen LogP contribution in [0.5, 0.6) is 5.75 Å². The molecule has 3 aromatic rings. The zero-order chi connectivity index (χ0) is 15.4. The van der Waals surface area contributed by atoms with Gasteiger partial charge in [-0.25, -0.2) is 4.98 Å². The number of nitrogens with zero attached hydrogens (tertiary/aromatic N) is 2. The molecular weight excluding hydrogens is 276 g/mol. The highest BCUT2D eigenvalue weighted by atomic mass is 16.5. The molecule has 3 aromatic heterocycles. The average Bonchev–Trinajstić information content (AvgIpc) is 3.00. The Balaban J connectivity index is 2.12. The third-order valence-corrected chi connectivity index (χ3v) is 3.93. The second-order valence-corrected chi connectivity index (χ2v) is 5.21. The molecule has 0 fully saturated rings. The van der Waals surface area contributed by atoms with E-state index >= 15 is 0 Å². The molecule has 0 aliphatic carbocycles. The molecule has 0 aromatic carbocycles. The highest BCUT2D eigenvalue weighted by Gasteiger charge is 2.20. The van der Waals surface area contributed by atoms with Gasteiger partial charge in [0.2, 0.25) is 0 Å². The second-order valence-electron chi connectivity index (χ2n) is 5.21. The van der Waals surface area contributed by atoms with E-state index in [1.165, 1.54) is 11.1 Å². The number of H-pyrrole nitrogens is 1. The lowest BCUT2D eigenvalue weighted by atomic mass is 9.89. The fraction of sp³-hybridized carbons (Fsp3) is 0.294. The van der Waals surface area contributed by atoms with Crippen LogP contribution in [0.25, 0.3) is 11.0 Å². The van der Waals surface area contributed by atoms with Crippen LogP contribution in [-0.2, 0) is 0 Å². The third-order valence-electron chi connectivity index (χ3n) is 3.93. The lowest BCUT2D eigenvalue weighted by Gasteiger charge is -2.17. The van der Waals surface area contributed by atoms with Crippen LogP contribution in [0.15, 0.2) is 43.0 Å². The molecule has 0 spiro atoms. The predicted octanol–water partition coefficient (Wildman–Crippen LogP) is 2.71. The van der Waals surface area contributed by atoms with Crippen molar-refractivity contribution in [2.24, 2.45) is 0 Å². The van der Waals surface area contributed by atoms with Crippen LogP contribution in [0, 0.1) is 0 Å². The van der Waals surface area contributed by atoms with Crippen molar-refractivity contribution in [1.29, 1.82) is 0 Å². The van der Waals surface area contributed by atoms with Gasteiger partial charge in [-0.15, -0.1) is 0 Å². The highest BCUT2D eigenvalue weighted by molar-refractivity contribution is 5.87. The molecular formula is C17H20N4O. The molecule has 1 unspecified atom stereocenters.